The molecule has 1 aliphatic rings. The first-order valence-electron chi connectivity index (χ1n) is 6.09. The van der Waals surface area contributed by atoms with Crippen LogP contribution in [0, 0.1) is 0 Å². The zero-order chi connectivity index (χ0) is 15.6. The van der Waals surface area contributed by atoms with E-state index in [1.165, 1.54) is 0 Å². The summed E-state index contributed by atoms with van der Waals surface area (Å²) in [5.41, 5.74) is 0. The molecule has 118 valence electrons. The van der Waals surface area contributed by atoms with E-state index in [9.17, 15) is 13.2 Å². The normalized spacial score (nSPS) is 22.6. The molecule has 8 heteroatoms. The molecule has 1 heterocycles. The molecule has 2 N–H and O–H groups in total. The molecule has 1 fully saturated rings. The van der Waals surface area contributed by atoms with Gasteiger partial charge in [-0.3, -0.25) is 0 Å². The lowest BCUT2D eigenvalue weighted by Gasteiger charge is -2.30. The van der Waals surface area contributed by atoms with Crippen LogP contribution in [0.5, 0.6) is 0 Å². The maximum absolute atomic E-state index is 10.6. The number of ether oxygens (including phenoxy) is 2. The topological polar surface area (TPSA) is 67.8 Å². The van der Waals surface area contributed by atoms with Gasteiger partial charge in [0, 0.05) is 13.7 Å². The quantitative estimate of drug-likeness (QED) is 0.596. The van der Waals surface area contributed by atoms with Crippen molar-refractivity contribution in [3.8, 4) is 0 Å². The second-order valence-electron chi connectivity index (χ2n) is 4.06. The summed E-state index contributed by atoms with van der Waals surface area (Å²) in [7, 11) is 1.75. The van der Waals surface area contributed by atoms with Crippen molar-refractivity contribution in [3.05, 3.63) is 12.7 Å². The molecule has 0 aliphatic carbocycles. The van der Waals surface area contributed by atoms with E-state index < -0.39 is 12.1 Å². The van der Waals surface area contributed by atoms with Crippen LogP contribution in [0.2, 0.25) is 0 Å². The van der Waals surface area contributed by atoms with Crippen molar-refractivity contribution in [1.82, 2.24) is 5.32 Å². The second-order valence-corrected chi connectivity index (χ2v) is 4.06. The summed E-state index contributed by atoms with van der Waals surface area (Å²) in [6.45, 7) is 6.33. The van der Waals surface area contributed by atoms with Gasteiger partial charge in [-0.25, -0.2) is 4.79 Å². The van der Waals surface area contributed by atoms with Crippen LogP contribution in [0.15, 0.2) is 12.7 Å². The molecule has 0 aromatic carbocycles. The number of rotatable bonds is 5. The van der Waals surface area contributed by atoms with E-state index in [1.54, 1.807) is 7.11 Å². The number of hydrogen-bond acceptors (Lipinski definition) is 4. The van der Waals surface area contributed by atoms with E-state index in [0.29, 0.717) is 0 Å². The minimum absolute atomic E-state index is 0.207. The summed E-state index contributed by atoms with van der Waals surface area (Å²) < 4.78 is 42.7. The Kier molecular flexibility index (Phi) is 9.19. The van der Waals surface area contributed by atoms with Gasteiger partial charge in [0.2, 0.25) is 0 Å². The number of alkyl halides is 3. The molecule has 0 amide bonds. The Balaban J connectivity index is 0.000000441. The molecule has 0 bridgehead atoms. The number of aliphatic carboxylic acids is 1. The van der Waals surface area contributed by atoms with Crippen molar-refractivity contribution < 1.29 is 32.5 Å². The van der Waals surface area contributed by atoms with E-state index in [1.807, 2.05) is 6.08 Å². The number of hydrogen-bond donors (Lipinski definition) is 2. The highest BCUT2D eigenvalue weighted by Crippen LogP contribution is 2.13. The lowest BCUT2D eigenvalue weighted by Crippen LogP contribution is -2.46. The molecule has 0 saturated carbocycles. The largest absolute Gasteiger partial charge is 0.490 e. The SMILES string of the molecule is C=CCCOC1CNCCC1OC.O=C(O)C(F)(F)F. The van der Waals surface area contributed by atoms with Crippen LogP contribution in [-0.2, 0) is 14.3 Å². The Morgan fingerprint density at radius 1 is 1.50 bits per heavy atom. The highest BCUT2D eigenvalue weighted by molar-refractivity contribution is 5.73. The number of carboxylic acids is 1. The fourth-order valence-electron chi connectivity index (χ4n) is 1.54. The van der Waals surface area contributed by atoms with E-state index in [2.05, 4.69) is 11.9 Å². The summed E-state index contributed by atoms with van der Waals surface area (Å²) in [4.78, 5) is 8.90. The van der Waals surface area contributed by atoms with Gasteiger partial charge in [0.1, 0.15) is 0 Å². The second kappa shape index (κ2) is 9.73. The van der Waals surface area contributed by atoms with Crippen molar-refractivity contribution in [3.63, 3.8) is 0 Å². The number of piperidine rings is 1. The monoisotopic (exact) mass is 299 g/mol. The third kappa shape index (κ3) is 8.13. The minimum atomic E-state index is -5.08. The Hall–Kier alpha value is -1.12. The summed E-state index contributed by atoms with van der Waals surface area (Å²) in [5.74, 6) is -2.76. The van der Waals surface area contributed by atoms with Gasteiger partial charge < -0.3 is 19.9 Å². The average molecular weight is 299 g/mol. The minimum Gasteiger partial charge on any atom is -0.475 e. The first-order chi connectivity index (χ1) is 9.32. The summed E-state index contributed by atoms with van der Waals surface area (Å²) >= 11 is 0. The predicted molar refractivity (Wildman–Crippen MR) is 66.5 cm³/mol. The Bertz CT molecular complexity index is 297. The molecular formula is C12H20F3NO4. The Labute approximate surface area is 115 Å². The van der Waals surface area contributed by atoms with Crippen LogP contribution in [0.4, 0.5) is 13.2 Å². The summed E-state index contributed by atoms with van der Waals surface area (Å²) in [6, 6.07) is 0. The van der Waals surface area contributed by atoms with Gasteiger partial charge in [-0.15, -0.1) is 6.58 Å². The van der Waals surface area contributed by atoms with Crippen LogP contribution >= 0.6 is 0 Å². The molecule has 0 aromatic heterocycles. The first-order valence-corrected chi connectivity index (χ1v) is 6.09. The number of carboxylic acid groups (broad SMARTS) is 1. The molecule has 1 saturated heterocycles. The average Bonchev–Trinajstić information content (AvgIpc) is 2.39. The maximum atomic E-state index is 10.6. The van der Waals surface area contributed by atoms with Crippen LogP contribution < -0.4 is 5.32 Å². The van der Waals surface area contributed by atoms with Crippen molar-refractivity contribution in [2.24, 2.45) is 0 Å². The van der Waals surface area contributed by atoms with Gasteiger partial charge in [0.15, 0.2) is 0 Å². The van der Waals surface area contributed by atoms with Crippen LogP contribution in [0.25, 0.3) is 0 Å². The molecule has 0 aromatic rings. The number of nitrogens with one attached hydrogen (secondary N) is 1. The third-order valence-corrected chi connectivity index (χ3v) is 2.56. The summed E-state index contributed by atoms with van der Waals surface area (Å²) in [6.07, 6.45) is -0.801. The highest BCUT2D eigenvalue weighted by atomic mass is 19.4. The van der Waals surface area contributed by atoms with Crippen molar-refractivity contribution in [1.29, 1.82) is 0 Å². The molecule has 2 atom stereocenters. The van der Waals surface area contributed by atoms with Crippen molar-refractivity contribution in [2.75, 3.05) is 26.8 Å². The molecular weight excluding hydrogens is 279 g/mol. The van der Waals surface area contributed by atoms with E-state index >= 15 is 0 Å². The molecule has 0 spiro atoms. The maximum Gasteiger partial charge on any atom is 0.490 e. The zero-order valence-electron chi connectivity index (χ0n) is 11.3. The molecule has 1 aliphatic heterocycles. The van der Waals surface area contributed by atoms with Gasteiger partial charge in [-0.1, -0.05) is 6.08 Å². The van der Waals surface area contributed by atoms with E-state index in [0.717, 1.165) is 32.5 Å². The van der Waals surface area contributed by atoms with Gasteiger partial charge in [-0.05, 0) is 19.4 Å². The predicted octanol–water partition coefficient (Wildman–Crippen LogP) is 1.59. The number of halogens is 3. The smallest absolute Gasteiger partial charge is 0.475 e. The zero-order valence-corrected chi connectivity index (χ0v) is 11.3. The fraction of sp³-hybridized carbons (Fsp3) is 0.750. The van der Waals surface area contributed by atoms with E-state index in [4.69, 9.17) is 19.4 Å². The van der Waals surface area contributed by atoms with Crippen LogP contribution in [0.1, 0.15) is 12.8 Å². The van der Waals surface area contributed by atoms with Crippen LogP contribution in [-0.4, -0.2) is 56.3 Å². The Morgan fingerprint density at radius 3 is 2.55 bits per heavy atom. The van der Waals surface area contributed by atoms with Crippen molar-refractivity contribution >= 4 is 5.97 Å². The van der Waals surface area contributed by atoms with E-state index in [-0.39, 0.29) is 12.2 Å². The molecule has 0 radical (unpaired) electrons. The first kappa shape index (κ1) is 18.9. The molecule has 2 unspecified atom stereocenters. The van der Waals surface area contributed by atoms with Gasteiger partial charge in [0.05, 0.1) is 18.8 Å². The third-order valence-electron chi connectivity index (χ3n) is 2.56. The van der Waals surface area contributed by atoms with Crippen LogP contribution in [0.3, 0.4) is 0 Å². The lowest BCUT2D eigenvalue weighted by molar-refractivity contribution is -0.192. The number of carbonyl (C=O) groups is 1. The summed E-state index contributed by atoms with van der Waals surface area (Å²) in [5, 5.41) is 10.4. The number of methoxy groups -OCH3 is 1. The van der Waals surface area contributed by atoms with Gasteiger partial charge in [0.25, 0.3) is 0 Å². The standard InChI is InChI=1S/C10H19NO2.C2HF3O2/c1-3-4-7-13-10-8-11-6-5-9(10)12-2;3-2(4,5)1(6)7/h3,9-11H,1,4-8H2,2H3;(H,6,7). The molecule has 1 rings (SSSR count). The molecule has 5 nitrogen and oxygen atoms in total. The molecule has 20 heavy (non-hydrogen) atoms. The highest BCUT2D eigenvalue weighted by Gasteiger charge is 2.38. The van der Waals surface area contributed by atoms with Crippen molar-refractivity contribution in [2.45, 2.75) is 31.2 Å². The lowest BCUT2D eigenvalue weighted by atomic mass is 10.1. The van der Waals surface area contributed by atoms with Gasteiger partial charge in [-0.2, -0.15) is 13.2 Å². The van der Waals surface area contributed by atoms with Gasteiger partial charge >= 0.3 is 12.1 Å². The fourth-order valence-corrected chi connectivity index (χ4v) is 1.54. The Morgan fingerprint density at radius 2 is 2.10 bits per heavy atom.